The molecular weight excluding hydrogens is 432 g/mol. The highest BCUT2D eigenvalue weighted by Gasteiger charge is 2.25. The number of carbonyl (C=O) groups is 1. The minimum absolute atomic E-state index is 0.145. The standard InChI is InChI=1S/C22H32N4O3S2/c1-4-24-11-13-25(14-12-24)21-10-9-19(31(28,29)26(5-2)6-3)17-20(21)23-22(27)16-18-8-7-15-30-18/h7-10,15,17H,4-6,11-14,16H2,1-3H3,(H,23,27). The summed E-state index contributed by atoms with van der Waals surface area (Å²) in [5, 5.41) is 4.93. The minimum Gasteiger partial charge on any atom is -0.367 e. The molecule has 1 aliphatic heterocycles. The SMILES string of the molecule is CCN1CCN(c2ccc(S(=O)(=O)N(CC)CC)cc2NC(=O)Cc2cccs2)CC1. The number of hydrogen-bond donors (Lipinski definition) is 1. The molecule has 170 valence electrons. The number of anilines is 2. The van der Waals surface area contributed by atoms with Gasteiger partial charge in [0.1, 0.15) is 0 Å². The number of thiophene rings is 1. The van der Waals surface area contributed by atoms with Gasteiger partial charge in [-0.1, -0.05) is 26.8 Å². The Kier molecular flexibility index (Phi) is 8.10. The molecule has 9 heteroatoms. The van der Waals surface area contributed by atoms with E-state index in [4.69, 9.17) is 0 Å². The molecule has 1 fully saturated rings. The summed E-state index contributed by atoms with van der Waals surface area (Å²) in [6, 6.07) is 8.95. The molecule has 0 bridgehead atoms. The van der Waals surface area contributed by atoms with Crippen LogP contribution in [0.3, 0.4) is 0 Å². The van der Waals surface area contributed by atoms with E-state index in [1.165, 1.54) is 15.6 Å². The van der Waals surface area contributed by atoms with E-state index in [0.29, 0.717) is 18.8 Å². The monoisotopic (exact) mass is 464 g/mol. The lowest BCUT2D eigenvalue weighted by Gasteiger charge is -2.36. The first-order chi connectivity index (χ1) is 14.9. The Morgan fingerprint density at radius 2 is 1.81 bits per heavy atom. The average molecular weight is 465 g/mol. The largest absolute Gasteiger partial charge is 0.367 e. The Balaban J connectivity index is 1.91. The number of rotatable bonds is 9. The van der Waals surface area contributed by atoms with Crippen molar-refractivity contribution in [1.29, 1.82) is 0 Å². The van der Waals surface area contributed by atoms with Gasteiger partial charge in [0.2, 0.25) is 15.9 Å². The van der Waals surface area contributed by atoms with Gasteiger partial charge in [-0.25, -0.2) is 8.42 Å². The molecule has 7 nitrogen and oxygen atoms in total. The van der Waals surface area contributed by atoms with Gasteiger partial charge in [0.05, 0.1) is 22.7 Å². The van der Waals surface area contributed by atoms with Gasteiger partial charge in [-0.15, -0.1) is 11.3 Å². The first kappa shape index (κ1) is 23.7. The zero-order valence-electron chi connectivity index (χ0n) is 18.5. The van der Waals surface area contributed by atoms with Crippen LogP contribution in [0.5, 0.6) is 0 Å². The number of nitrogens with one attached hydrogen (secondary N) is 1. The van der Waals surface area contributed by atoms with Gasteiger partial charge in [-0.3, -0.25) is 4.79 Å². The van der Waals surface area contributed by atoms with Crippen molar-refractivity contribution in [3.05, 3.63) is 40.6 Å². The molecule has 0 aliphatic carbocycles. The second kappa shape index (κ2) is 10.6. The molecule has 0 unspecified atom stereocenters. The fraction of sp³-hybridized carbons (Fsp3) is 0.500. The Bertz CT molecular complexity index is 965. The Morgan fingerprint density at radius 1 is 1.10 bits per heavy atom. The molecular formula is C22H32N4O3S2. The predicted octanol–water partition coefficient (Wildman–Crippen LogP) is 3.10. The number of piperazine rings is 1. The summed E-state index contributed by atoms with van der Waals surface area (Å²) in [6.07, 6.45) is 0.272. The van der Waals surface area contributed by atoms with Gasteiger partial charge in [0.25, 0.3) is 0 Å². The molecule has 0 atom stereocenters. The van der Waals surface area contributed by atoms with Crippen molar-refractivity contribution in [1.82, 2.24) is 9.21 Å². The molecule has 2 heterocycles. The van der Waals surface area contributed by atoms with Crippen molar-refractivity contribution in [2.24, 2.45) is 0 Å². The highest BCUT2D eigenvalue weighted by atomic mass is 32.2. The topological polar surface area (TPSA) is 73.0 Å². The molecule has 1 saturated heterocycles. The average Bonchev–Trinajstić information content (AvgIpc) is 3.27. The Morgan fingerprint density at radius 3 is 2.39 bits per heavy atom. The Hall–Kier alpha value is -1.94. The molecule has 1 aliphatic rings. The minimum atomic E-state index is -3.61. The smallest absolute Gasteiger partial charge is 0.243 e. The molecule has 0 saturated carbocycles. The first-order valence-electron chi connectivity index (χ1n) is 10.8. The van der Waals surface area contributed by atoms with Gasteiger partial charge in [-0.2, -0.15) is 4.31 Å². The van der Waals surface area contributed by atoms with Gasteiger partial charge in [0, 0.05) is 44.1 Å². The van der Waals surface area contributed by atoms with Gasteiger partial charge < -0.3 is 15.1 Å². The molecule has 1 aromatic carbocycles. The van der Waals surface area contributed by atoms with Crippen molar-refractivity contribution < 1.29 is 13.2 Å². The van der Waals surface area contributed by atoms with E-state index < -0.39 is 10.0 Å². The quantitative estimate of drug-likeness (QED) is 0.617. The molecule has 1 aromatic heterocycles. The van der Waals surface area contributed by atoms with E-state index in [-0.39, 0.29) is 17.2 Å². The van der Waals surface area contributed by atoms with E-state index in [1.54, 1.807) is 12.1 Å². The second-order valence-corrected chi connectivity index (χ2v) is 10.5. The van der Waals surface area contributed by atoms with Gasteiger partial charge in [-0.05, 0) is 36.2 Å². The number of sulfonamides is 1. The van der Waals surface area contributed by atoms with Crippen molar-refractivity contribution in [2.45, 2.75) is 32.1 Å². The summed E-state index contributed by atoms with van der Waals surface area (Å²) < 4.78 is 27.5. The third kappa shape index (κ3) is 5.65. The predicted molar refractivity (Wildman–Crippen MR) is 128 cm³/mol. The van der Waals surface area contributed by atoms with Crippen molar-refractivity contribution in [2.75, 3.05) is 56.0 Å². The van der Waals surface area contributed by atoms with Crippen LogP contribution in [-0.2, 0) is 21.2 Å². The van der Waals surface area contributed by atoms with E-state index >= 15 is 0 Å². The van der Waals surface area contributed by atoms with Gasteiger partial charge >= 0.3 is 0 Å². The van der Waals surface area contributed by atoms with Crippen molar-refractivity contribution >= 4 is 38.6 Å². The van der Waals surface area contributed by atoms with Crippen LogP contribution in [0.4, 0.5) is 11.4 Å². The highest BCUT2D eigenvalue weighted by Crippen LogP contribution is 2.31. The highest BCUT2D eigenvalue weighted by molar-refractivity contribution is 7.89. The number of hydrogen-bond acceptors (Lipinski definition) is 6. The lowest BCUT2D eigenvalue weighted by atomic mass is 10.2. The van der Waals surface area contributed by atoms with Crippen LogP contribution in [-0.4, -0.2) is 69.3 Å². The van der Waals surface area contributed by atoms with Crippen LogP contribution in [0.2, 0.25) is 0 Å². The number of carbonyl (C=O) groups excluding carboxylic acids is 1. The molecule has 3 rings (SSSR count). The number of benzene rings is 1. The maximum Gasteiger partial charge on any atom is 0.243 e. The van der Waals surface area contributed by atoms with E-state index in [9.17, 15) is 13.2 Å². The number of likely N-dealkylation sites (N-methyl/N-ethyl adjacent to an activating group) is 1. The van der Waals surface area contributed by atoms with Gasteiger partial charge in [0.15, 0.2) is 0 Å². The molecule has 1 N–H and O–H groups in total. The summed E-state index contributed by atoms with van der Waals surface area (Å²) >= 11 is 1.53. The molecule has 0 radical (unpaired) electrons. The van der Waals surface area contributed by atoms with E-state index in [1.807, 2.05) is 37.4 Å². The summed E-state index contributed by atoms with van der Waals surface area (Å²) in [7, 11) is -3.61. The molecule has 1 amide bonds. The number of nitrogens with zero attached hydrogens (tertiary/aromatic N) is 3. The summed E-state index contributed by atoms with van der Waals surface area (Å²) in [5.74, 6) is -0.145. The van der Waals surface area contributed by atoms with Crippen LogP contribution in [0.25, 0.3) is 0 Å². The fourth-order valence-corrected chi connectivity index (χ4v) is 6.02. The van der Waals surface area contributed by atoms with Crippen LogP contribution < -0.4 is 10.2 Å². The molecule has 31 heavy (non-hydrogen) atoms. The normalized spacial score (nSPS) is 15.4. The third-order valence-electron chi connectivity index (χ3n) is 5.66. The lowest BCUT2D eigenvalue weighted by molar-refractivity contribution is -0.115. The lowest BCUT2D eigenvalue weighted by Crippen LogP contribution is -2.46. The van der Waals surface area contributed by atoms with Crippen molar-refractivity contribution in [3.8, 4) is 0 Å². The summed E-state index contributed by atoms with van der Waals surface area (Å²) in [6.45, 7) is 11.2. The van der Waals surface area contributed by atoms with Crippen LogP contribution in [0, 0.1) is 0 Å². The maximum absolute atomic E-state index is 13.1. The maximum atomic E-state index is 13.1. The second-order valence-electron chi connectivity index (χ2n) is 7.49. The van der Waals surface area contributed by atoms with E-state index in [0.717, 1.165) is 43.3 Å². The van der Waals surface area contributed by atoms with Crippen LogP contribution >= 0.6 is 11.3 Å². The summed E-state index contributed by atoms with van der Waals surface area (Å²) in [5.41, 5.74) is 1.42. The van der Waals surface area contributed by atoms with Crippen LogP contribution in [0.15, 0.2) is 40.6 Å². The fourth-order valence-electron chi connectivity index (χ4n) is 3.83. The number of amides is 1. The third-order valence-corrected chi connectivity index (χ3v) is 8.58. The zero-order valence-corrected chi connectivity index (χ0v) is 20.1. The summed E-state index contributed by atoms with van der Waals surface area (Å²) in [4.78, 5) is 18.5. The zero-order chi connectivity index (χ0) is 22.4. The molecule has 2 aromatic rings. The van der Waals surface area contributed by atoms with Crippen LogP contribution in [0.1, 0.15) is 25.6 Å². The molecule has 0 spiro atoms. The Labute approximate surface area is 189 Å². The van der Waals surface area contributed by atoms with Crippen molar-refractivity contribution in [3.63, 3.8) is 0 Å². The van der Waals surface area contributed by atoms with E-state index in [2.05, 4.69) is 22.0 Å². The first-order valence-corrected chi connectivity index (χ1v) is 13.1.